The molecule has 1 N–H and O–H groups in total. The van der Waals surface area contributed by atoms with Crippen molar-refractivity contribution in [1.82, 2.24) is 4.98 Å². The Bertz CT molecular complexity index is 768. The Morgan fingerprint density at radius 1 is 0.739 bits per heavy atom. The standard InChI is InChI=1S/C12H10.C6H8N2O2S/c1-3-7-11(8-4-1)12-9-5-2-6-10-12;1-11(9,10)8-6-2-4-7-5-3-6/h1-10H;2-5H,1H3,(H,7,8). The number of nitrogens with zero attached hydrogens (tertiary/aromatic N) is 1. The number of hydrogen-bond acceptors (Lipinski definition) is 3. The van der Waals surface area contributed by atoms with Gasteiger partial charge in [-0.2, -0.15) is 0 Å². The van der Waals surface area contributed by atoms with Gasteiger partial charge in [-0.05, 0) is 23.3 Å². The smallest absolute Gasteiger partial charge is 0.229 e. The molecule has 2 aromatic carbocycles. The van der Waals surface area contributed by atoms with E-state index in [1.807, 2.05) is 12.1 Å². The minimum Gasteiger partial charge on any atom is -0.284 e. The lowest BCUT2D eigenvalue weighted by atomic mass is 10.1. The molecule has 0 bridgehead atoms. The zero-order valence-electron chi connectivity index (χ0n) is 12.8. The number of rotatable bonds is 3. The van der Waals surface area contributed by atoms with Crippen LogP contribution in [0.5, 0.6) is 0 Å². The second kappa shape index (κ2) is 8.10. The maximum atomic E-state index is 10.7. The van der Waals surface area contributed by atoms with E-state index in [0.717, 1.165) is 6.26 Å². The molecule has 0 aliphatic heterocycles. The van der Waals surface area contributed by atoms with E-state index in [4.69, 9.17) is 0 Å². The van der Waals surface area contributed by atoms with Gasteiger partial charge in [0.1, 0.15) is 0 Å². The molecule has 23 heavy (non-hydrogen) atoms. The van der Waals surface area contributed by atoms with Crippen LogP contribution in [0.4, 0.5) is 5.69 Å². The van der Waals surface area contributed by atoms with Crippen molar-refractivity contribution in [3.63, 3.8) is 0 Å². The average Bonchev–Trinajstić information content (AvgIpc) is 2.56. The highest BCUT2D eigenvalue weighted by molar-refractivity contribution is 7.92. The zero-order valence-corrected chi connectivity index (χ0v) is 13.6. The van der Waals surface area contributed by atoms with Crippen LogP contribution >= 0.6 is 0 Å². The molecule has 0 aliphatic rings. The van der Waals surface area contributed by atoms with Gasteiger partial charge < -0.3 is 0 Å². The number of hydrogen-bond donors (Lipinski definition) is 1. The highest BCUT2D eigenvalue weighted by Gasteiger charge is 1.98. The maximum Gasteiger partial charge on any atom is 0.229 e. The topological polar surface area (TPSA) is 59.1 Å². The fraction of sp³-hybridized carbons (Fsp3) is 0.0556. The first-order valence-electron chi connectivity index (χ1n) is 7.03. The van der Waals surface area contributed by atoms with E-state index in [9.17, 15) is 8.42 Å². The van der Waals surface area contributed by atoms with Crippen LogP contribution in [0.3, 0.4) is 0 Å². The van der Waals surface area contributed by atoms with Crippen molar-refractivity contribution in [2.24, 2.45) is 0 Å². The van der Waals surface area contributed by atoms with Gasteiger partial charge >= 0.3 is 0 Å². The molecule has 0 amide bonds. The van der Waals surface area contributed by atoms with Gasteiger partial charge in [-0.3, -0.25) is 9.71 Å². The molecule has 1 aromatic heterocycles. The minimum absolute atomic E-state index is 0.530. The molecule has 0 radical (unpaired) electrons. The van der Waals surface area contributed by atoms with Crippen LogP contribution in [-0.2, 0) is 10.0 Å². The summed E-state index contributed by atoms with van der Waals surface area (Å²) in [5.41, 5.74) is 3.08. The molecular weight excluding hydrogens is 308 g/mol. The largest absolute Gasteiger partial charge is 0.284 e. The lowest BCUT2D eigenvalue weighted by Gasteiger charge is -2.00. The highest BCUT2D eigenvalue weighted by Crippen LogP contribution is 2.17. The van der Waals surface area contributed by atoms with E-state index in [0.29, 0.717) is 5.69 Å². The molecule has 0 unspecified atom stereocenters. The fourth-order valence-corrected chi connectivity index (χ4v) is 2.46. The van der Waals surface area contributed by atoms with E-state index >= 15 is 0 Å². The Hall–Kier alpha value is -2.66. The van der Waals surface area contributed by atoms with Gasteiger partial charge in [0.2, 0.25) is 10.0 Å². The van der Waals surface area contributed by atoms with Crippen molar-refractivity contribution in [2.45, 2.75) is 0 Å². The maximum absolute atomic E-state index is 10.7. The molecule has 0 aliphatic carbocycles. The highest BCUT2D eigenvalue weighted by atomic mass is 32.2. The van der Waals surface area contributed by atoms with Crippen LogP contribution in [0.15, 0.2) is 85.2 Å². The fourth-order valence-electron chi connectivity index (χ4n) is 1.90. The van der Waals surface area contributed by atoms with Crippen molar-refractivity contribution in [2.75, 3.05) is 11.0 Å². The third-order valence-corrected chi connectivity index (χ3v) is 3.47. The van der Waals surface area contributed by atoms with E-state index in [-0.39, 0.29) is 0 Å². The number of benzene rings is 2. The molecule has 0 fully saturated rings. The van der Waals surface area contributed by atoms with Crippen LogP contribution < -0.4 is 4.72 Å². The third-order valence-electron chi connectivity index (χ3n) is 2.86. The SMILES string of the molecule is CS(=O)(=O)Nc1ccncc1.c1ccc(-c2ccccc2)cc1. The van der Waals surface area contributed by atoms with Gasteiger partial charge in [0.15, 0.2) is 0 Å². The molecule has 0 spiro atoms. The Kier molecular flexibility index (Phi) is 5.88. The van der Waals surface area contributed by atoms with Crippen LogP contribution in [0.2, 0.25) is 0 Å². The molecule has 118 valence electrons. The lowest BCUT2D eigenvalue weighted by Crippen LogP contribution is -2.09. The van der Waals surface area contributed by atoms with Crippen molar-refractivity contribution >= 4 is 15.7 Å². The van der Waals surface area contributed by atoms with Crippen molar-refractivity contribution in [1.29, 1.82) is 0 Å². The Labute approximate surface area is 136 Å². The summed E-state index contributed by atoms with van der Waals surface area (Å²) in [5, 5.41) is 0. The van der Waals surface area contributed by atoms with Gasteiger partial charge in [0.05, 0.1) is 11.9 Å². The Morgan fingerprint density at radius 3 is 1.57 bits per heavy atom. The van der Waals surface area contributed by atoms with E-state index in [2.05, 4.69) is 58.2 Å². The number of pyridine rings is 1. The predicted octanol–water partition coefficient (Wildman–Crippen LogP) is 3.81. The molecular formula is C18H18N2O2S. The summed E-state index contributed by atoms with van der Waals surface area (Å²) in [6.07, 6.45) is 4.15. The zero-order chi connectivity index (χ0) is 16.5. The molecule has 1 heterocycles. The minimum atomic E-state index is -3.15. The summed E-state index contributed by atoms with van der Waals surface area (Å²) in [5.74, 6) is 0. The molecule has 3 rings (SSSR count). The predicted molar refractivity (Wildman–Crippen MR) is 94.6 cm³/mol. The van der Waals surface area contributed by atoms with Crippen molar-refractivity contribution in [3.05, 3.63) is 85.2 Å². The number of nitrogens with one attached hydrogen (secondary N) is 1. The summed E-state index contributed by atoms with van der Waals surface area (Å²) in [6.45, 7) is 0. The monoisotopic (exact) mass is 326 g/mol. The van der Waals surface area contributed by atoms with Gasteiger partial charge in [-0.15, -0.1) is 0 Å². The summed E-state index contributed by atoms with van der Waals surface area (Å²) in [4.78, 5) is 3.74. The number of anilines is 1. The summed E-state index contributed by atoms with van der Waals surface area (Å²) < 4.78 is 23.7. The number of aromatic nitrogens is 1. The summed E-state index contributed by atoms with van der Waals surface area (Å²) >= 11 is 0. The molecule has 0 atom stereocenters. The second-order valence-corrected chi connectivity index (χ2v) is 6.59. The molecule has 4 nitrogen and oxygen atoms in total. The van der Waals surface area contributed by atoms with E-state index in [1.165, 1.54) is 23.5 Å². The van der Waals surface area contributed by atoms with Crippen LogP contribution in [0.25, 0.3) is 11.1 Å². The first-order valence-corrected chi connectivity index (χ1v) is 8.92. The first kappa shape index (κ1) is 16.7. The molecule has 3 aromatic rings. The molecule has 5 heteroatoms. The Balaban J connectivity index is 0.000000168. The first-order chi connectivity index (χ1) is 11.0. The number of sulfonamides is 1. The second-order valence-electron chi connectivity index (χ2n) is 4.84. The average molecular weight is 326 g/mol. The quantitative estimate of drug-likeness (QED) is 0.796. The van der Waals surface area contributed by atoms with Crippen LogP contribution in [-0.4, -0.2) is 19.7 Å². The van der Waals surface area contributed by atoms with Gasteiger partial charge in [0.25, 0.3) is 0 Å². The van der Waals surface area contributed by atoms with Gasteiger partial charge in [-0.1, -0.05) is 60.7 Å². The van der Waals surface area contributed by atoms with E-state index < -0.39 is 10.0 Å². The van der Waals surface area contributed by atoms with Crippen molar-refractivity contribution in [3.8, 4) is 11.1 Å². The molecule has 0 saturated heterocycles. The summed E-state index contributed by atoms with van der Waals surface area (Å²) in [6, 6.07) is 24.0. The lowest BCUT2D eigenvalue weighted by molar-refractivity contribution is 0.607. The van der Waals surface area contributed by atoms with Gasteiger partial charge in [0, 0.05) is 12.4 Å². The normalized spacial score (nSPS) is 10.3. The van der Waals surface area contributed by atoms with Gasteiger partial charge in [-0.25, -0.2) is 8.42 Å². The third kappa shape index (κ3) is 6.32. The van der Waals surface area contributed by atoms with Crippen molar-refractivity contribution < 1.29 is 8.42 Å². The van der Waals surface area contributed by atoms with Crippen LogP contribution in [0.1, 0.15) is 0 Å². The Morgan fingerprint density at radius 2 is 1.17 bits per heavy atom. The summed E-state index contributed by atoms with van der Waals surface area (Å²) in [7, 11) is -3.15. The van der Waals surface area contributed by atoms with E-state index in [1.54, 1.807) is 12.1 Å². The van der Waals surface area contributed by atoms with Crippen LogP contribution in [0, 0.1) is 0 Å². The molecule has 0 saturated carbocycles.